The normalized spacial score (nSPS) is 10.2. The number of anilines is 1. The van der Waals surface area contributed by atoms with Gasteiger partial charge in [0.1, 0.15) is 0 Å². The Kier molecular flexibility index (Phi) is 4.47. The first-order chi connectivity index (χ1) is 9.19. The number of aryl methyl sites for hydroxylation is 1. The lowest BCUT2D eigenvalue weighted by Gasteiger charge is -2.15. The van der Waals surface area contributed by atoms with Gasteiger partial charge in [-0.25, -0.2) is 5.01 Å². The van der Waals surface area contributed by atoms with E-state index < -0.39 is 0 Å². The minimum Gasteiger partial charge on any atom is -0.261 e. The van der Waals surface area contributed by atoms with Gasteiger partial charge < -0.3 is 0 Å². The summed E-state index contributed by atoms with van der Waals surface area (Å²) in [7, 11) is 0. The van der Waals surface area contributed by atoms with E-state index in [2.05, 4.69) is 10.3 Å². The maximum Gasteiger partial charge on any atom is 0.0641 e. The van der Waals surface area contributed by atoms with E-state index in [1.54, 1.807) is 24.3 Å². The van der Waals surface area contributed by atoms with E-state index in [1.165, 1.54) is 5.01 Å². The molecule has 0 atom stereocenters. The van der Waals surface area contributed by atoms with Gasteiger partial charge in [0, 0.05) is 23.5 Å². The van der Waals surface area contributed by atoms with Crippen molar-refractivity contribution in [1.29, 1.82) is 0 Å². The number of benzene rings is 1. The van der Waals surface area contributed by atoms with Crippen molar-refractivity contribution in [3.8, 4) is 0 Å². The van der Waals surface area contributed by atoms with E-state index in [4.69, 9.17) is 11.6 Å². The third kappa shape index (κ3) is 3.76. The van der Waals surface area contributed by atoms with Crippen molar-refractivity contribution < 1.29 is 0 Å². The highest BCUT2D eigenvalue weighted by Gasteiger charge is 2.07. The van der Waals surface area contributed by atoms with E-state index in [-0.39, 0.29) is 0 Å². The smallest absolute Gasteiger partial charge is 0.0641 e. The van der Waals surface area contributed by atoms with Crippen molar-refractivity contribution in [3.05, 3.63) is 63.8 Å². The zero-order chi connectivity index (χ0) is 13.7. The number of aromatic nitrogens is 1. The zero-order valence-electron chi connectivity index (χ0n) is 10.6. The summed E-state index contributed by atoms with van der Waals surface area (Å²) in [6.07, 6.45) is 2.52. The van der Waals surface area contributed by atoms with Crippen molar-refractivity contribution in [3.63, 3.8) is 0 Å². The summed E-state index contributed by atoms with van der Waals surface area (Å²) in [4.78, 5) is 15.1. The molecule has 4 nitrogen and oxygen atoms in total. The number of halogens is 1. The largest absolute Gasteiger partial charge is 0.261 e. The van der Waals surface area contributed by atoms with E-state index in [0.29, 0.717) is 23.7 Å². The van der Waals surface area contributed by atoms with Gasteiger partial charge in [0.25, 0.3) is 0 Å². The van der Waals surface area contributed by atoms with Crippen molar-refractivity contribution in [2.75, 3.05) is 11.6 Å². The topological polar surface area (TPSA) is 45.6 Å². The fourth-order valence-electron chi connectivity index (χ4n) is 1.74. The lowest BCUT2D eigenvalue weighted by atomic mass is 10.2. The minimum absolute atomic E-state index is 0.495. The fourth-order valence-corrected chi connectivity index (χ4v) is 1.92. The molecule has 0 saturated carbocycles. The Balaban J connectivity index is 2.03. The third-order valence-electron chi connectivity index (χ3n) is 2.79. The molecule has 0 spiro atoms. The highest BCUT2D eigenvalue weighted by atomic mass is 35.5. The van der Waals surface area contributed by atoms with E-state index >= 15 is 0 Å². The zero-order valence-corrected chi connectivity index (χ0v) is 11.3. The second-order valence-electron chi connectivity index (χ2n) is 4.24. The lowest BCUT2D eigenvalue weighted by Crippen LogP contribution is -2.18. The number of nitroso groups, excluding NO2 is 1. The summed E-state index contributed by atoms with van der Waals surface area (Å²) in [5.74, 6) is 0. The Morgan fingerprint density at radius 1 is 1.32 bits per heavy atom. The molecule has 2 aromatic rings. The summed E-state index contributed by atoms with van der Waals surface area (Å²) >= 11 is 5.90. The van der Waals surface area contributed by atoms with Crippen molar-refractivity contribution in [2.24, 2.45) is 5.29 Å². The van der Waals surface area contributed by atoms with Gasteiger partial charge >= 0.3 is 0 Å². The van der Waals surface area contributed by atoms with Gasteiger partial charge in [-0.05, 0) is 43.2 Å². The molecule has 0 fully saturated rings. The fraction of sp³-hybridized carbons (Fsp3) is 0.214. The molecule has 0 unspecified atom stereocenters. The molecule has 5 heteroatoms. The van der Waals surface area contributed by atoms with Crippen LogP contribution in [-0.2, 0) is 6.42 Å². The van der Waals surface area contributed by atoms with E-state index in [9.17, 15) is 4.91 Å². The maximum absolute atomic E-state index is 10.9. The van der Waals surface area contributed by atoms with Crippen LogP contribution >= 0.6 is 11.6 Å². The Hall–Kier alpha value is -1.94. The van der Waals surface area contributed by atoms with Crippen LogP contribution in [0.25, 0.3) is 0 Å². The molecule has 1 aromatic heterocycles. The number of rotatable bonds is 5. The summed E-state index contributed by atoms with van der Waals surface area (Å²) in [5, 5.41) is 5.02. The predicted octanol–water partition coefficient (Wildman–Crippen LogP) is 3.77. The van der Waals surface area contributed by atoms with Crippen LogP contribution in [0.4, 0.5) is 5.69 Å². The minimum atomic E-state index is 0.495. The summed E-state index contributed by atoms with van der Waals surface area (Å²) < 4.78 is 0. The average Bonchev–Trinajstić information content (AvgIpc) is 2.42. The quantitative estimate of drug-likeness (QED) is 0.616. The monoisotopic (exact) mass is 275 g/mol. The van der Waals surface area contributed by atoms with Gasteiger partial charge in [-0.3, -0.25) is 4.98 Å². The second-order valence-corrected chi connectivity index (χ2v) is 4.68. The Morgan fingerprint density at radius 3 is 2.79 bits per heavy atom. The van der Waals surface area contributed by atoms with Gasteiger partial charge in [-0.15, -0.1) is 4.91 Å². The molecule has 1 heterocycles. The molecule has 1 aromatic carbocycles. The van der Waals surface area contributed by atoms with Crippen LogP contribution in [0.15, 0.2) is 47.9 Å². The van der Waals surface area contributed by atoms with Gasteiger partial charge in [0.2, 0.25) is 0 Å². The highest BCUT2D eigenvalue weighted by Crippen LogP contribution is 2.20. The molecular weight excluding hydrogens is 262 g/mol. The molecule has 0 bridgehead atoms. The van der Waals surface area contributed by atoms with Crippen molar-refractivity contribution in [2.45, 2.75) is 13.3 Å². The molecule has 2 rings (SSSR count). The molecular formula is C14H14ClN3O. The maximum atomic E-state index is 10.9. The Bertz CT molecular complexity index is 557. The third-order valence-corrected chi connectivity index (χ3v) is 3.02. The summed E-state index contributed by atoms with van der Waals surface area (Å²) in [6.45, 7) is 2.43. The first kappa shape index (κ1) is 13.5. The van der Waals surface area contributed by atoms with E-state index in [0.717, 1.165) is 11.3 Å². The molecule has 98 valence electrons. The summed E-state index contributed by atoms with van der Waals surface area (Å²) in [5.41, 5.74) is 2.74. The van der Waals surface area contributed by atoms with E-state index in [1.807, 2.05) is 25.3 Å². The first-order valence-corrected chi connectivity index (χ1v) is 6.35. The Morgan fingerprint density at radius 2 is 2.16 bits per heavy atom. The first-order valence-electron chi connectivity index (χ1n) is 5.97. The average molecular weight is 276 g/mol. The predicted molar refractivity (Wildman–Crippen MR) is 77.3 cm³/mol. The summed E-state index contributed by atoms with van der Waals surface area (Å²) in [6, 6.07) is 11.0. The van der Waals surface area contributed by atoms with Crippen LogP contribution in [-0.4, -0.2) is 11.5 Å². The van der Waals surface area contributed by atoms with Crippen LogP contribution in [0.5, 0.6) is 0 Å². The van der Waals surface area contributed by atoms with Crippen molar-refractivity contribution >= 4 is 17.3 Å². The molecule has 0 aliphatic rings. The van der Waals surface area contributed by atoms with Crippen LogP contribution < -0.4 is 5.01 Å². The highest BCUT2D eigenvalue weighted by molar-refractivity contribution is 6.30. The molecule has 0 amide bonds. The molecule has 0 aliphatic carbocycles. The number of hydrogen-bond acceptors (Lipinski definition) is 3. The van der Waals surface area contributed by atoms with Crippen LogP contribution in [0.3, 0.4) is 0 Å². The molecule has 0 aliphatic heterocycles. The van der Waals surface area contributed by atoms with Gasteiger partial charge in [0.15, 0.2) is 0 Å². The van der Waals surface area contributed by atoms with Crippen molar-refractivity contribution in [1.82, 2.24) is 4.98 Å². The van der Waals surface area contributed by atoms with Gasteiger partial charge in [-0.2, -0.15) is 0 Å². The van der Waals surface area contributed by atoms with Crippen LogP contribution in [0.2, 0.25) is 5.02 Å². The van der Waals surface area contributed by atoms with Crippen LogP contribution in [0.1, 0.15) is 11.3 Å². The number of hydrogen-bond donors (Lipinski definition) is 0. The molecule has 0 radical (unpaired) electrons. The molecule has 0 N–H and O–H groups in total. The van der Waals surface area contributed by atoms with Crippen LogP contribution in [0, 0.1) is 11.8 Å². The van der Waals surface area contributed by atoms with Gasteiger partial charge in [-0.1, -0.05) is 23.7 Å². The molecule has 19 heavy (non-hydrogen) atoms. The van der Waals surface area contributed by atoms with Gasteiger partial charge in [0.05, 0.1) is 11.0 Å². The Labute approximate surface area is 117 Å². The standard InChI is InChI=1S/C14H14ClN3O/c1-11-5-6-12(10-16-11)7-8-18(17-19)14-4-2-3-13(15)9-14/h2-6,9-10H,7-8H2,1H3. The number of nitrogens with zero attached hydrogens (tertiary/aromatic N) is 3. The SMILES string of the molecule is Cc1ccc(CCN(N=O)c2cccc(Cl)c2)cn1. The second kappa shape index (κ2) is 6.29. The lowest BCUT2D eigenvalue weighted by molar-refractivity contribution is 0.816. The number of pyridine rings is 1. The molecule has 0 saturated heterocycles.